The number of nitrogens with one attached hydrogen (secondary N) is 1. The molecule has 0 saturated heterocycles. The van der Waals surface area contributed by atoms with Crippen LogP contribution in [0, 0.1) is 6.92 Å². The molecular formula is C32H45N2O2S+. The van der Waals surface area contributed by atoms with Crippen LogP contribution in [0.3, 0.4) is 0 Å². The maximum absolute atomic E-state index is 13.0. The summed E-state index contributed by atoms with van der Waals surface area (Å²) < 4.78 is 8.19. The summed E-state index contributed by atoms with van der Waals surface area (Å²) in [6, 6.07) is 15.6. The quantitative estimate of drug-likeness (QED) is 0.134. The van der Waals surface area contributed by atoms with Crippen LogP contribution < -0.4 is 14.6 Å². The van der Waals surface area contributed by atoms with Crippen LogP contribution in [0.4, 0.5) is 5.69 Å². The molecule has 0 atom stereocenters. The molecule has 3 rings (SSSR count). The fourth-order valence-corrected chi connectivity index (χ4v) is 5.17. The van der Waals surface area contributed by atoms with Crippen molar-refractivity contribution in [3.8, 4) is 5.75 Å². The Morgan fingerprint density at radius 3 is 2.08 bits per heavy atom. The van der Waals surface area contributed by atoms with Crippen LogP contribution in [0.2, 0.25) is 0 Å². The lowest BCUT2D eigenvalue weighted by atomic mass is 10.1. The lowest BCUT2D eigenvalue weighted by Gasteiger charge is -2.12. The number of hydrogen-bond donors (Lipinski definition) is 1. The molecule has 0 aliphatic heterocycles. The number of aryl methyl sites for hydroxylation is 1. The van der Waals surface area contributed by atoms with Gasteiger partial charge in [-0.3, -0.25) is 4.79 Å². The SMILES string of the molecule is CCCCCCCCCCCCCCOc1ccccc1C(=O)Nc1ccc(C[n+]2csc(C)c2)cc1. The van der Waals surface area contributed by atoms with Crippen molar-refractivity contribution < 1.29 is 14.1 Å². The highest BCUT2D eigenvalue weighted by Gasteiger charge is 2.13. The third-order valence-corrected chi connectivity index (χ3v) is 7.54. The average Bonchev–Trinajstić information content (AvgIpc) is 3.32. The van der Waals surface area contributed by atoms with Gasteiger partial charge in [0.05, 0.1) is 17.0 Å². The lowest BCUT2D eigenvalue weighted by molar-refractivity contribution is -0.683. The number of carbonyl (C=O) groups is 1. The van der Waals surface area contributed by atoms with Crippen molar-refractivity contribution in [3.05, 3.63) is 76.2 Å². The van der Waals surface area contributed by atoms with E-state index in [0.29, 0.717) is 17.9 Å². The van der Waals surface area contributed by atoms with Gasteiger partial charge in [-0.05, 0) is 37.6 Å². The predicted molar refractivity (Wildman–Crippen MR) is 156 cm³/mol. The summed E-state index contributed by atoms with van der Waals surface area (Å²) in [6.45, 7) is 5.86. The number of unbranched alkanes of at least 4 members (excludes halogenated alkanes) is 11. The van der Waals surface area contributed by atoms with E-state index in [1.54, 1.807) is 11.3 Å². The van der Waals surface area contributed by atoms with Crippen LogP contribution in [0.25, 0.3) is 0 Å². The standard InChI is InChI=1S/C32H44N2O2S/c1-3-4-5-6-7-8-9-10-11-12-13-16-23-36-31-18-15-14-17-30(31)32(35)33-29-21-19-28(20-22-29)25-34-24-27(2)37-26-34/h14-15,17-22,24,26H,3-13,16,23,25H2,1-2H3/p+1. The second-order valence-corrected chi connectivity index (χ2v) is 11.1. The number of nitrogens with zero attached hydrogens (tertiary/aromatic N) is 1. The van der Waals surface area contributed by atoms with Gasteiger partial charge in [0.1, 0.15) is 5.75 Å². The molecule has 0 fully saturated rings. The molecule has 37 heavy (non-hydrogen) atoms. The van der Waals surface area contributed by atoms with Gasteiger partial charge in [-0.15, -0.1) is 0 Å². The highest BCUT2D eigenvalue weighted by molar-refractivity contribution is 7.09. The summed E-state index contributed by atoms with van der Waals surface area (Å²) in [4.78, 5) is 14.2. The van der Waals surface area contributed by atoms with Crippen LogP contribution in [0.15, 0.2) is 60.2 Å². The van der Waals surface area contributed by atoms with Gasteiger partial charge in [0, 0.05) is 11.3 Å². The molecule has 0 saturated carbocycles. The van der Waals surface area contributed by atoms with Crippen LogP contribution in [-0.4, -0.2) is 12.5 Å². The first kappa shape index (κ1) is 28.9. The summed E-state index contributed by atoms with van der Waals surface area (Å²) in [5, 5.41) is 3.02. The highest BCUT2D eigenvalue weighted by atomic mass is 32.1. The van der Waals surface area contributed by atoms with Crippen molar-refractivity contribution in [1.82, 2.24) is 0 Å². The zero-order chi connectivity index (χ0) is 26.1. The maximum Gasteiger partial charge on any atom is 0.259 e. The molecule has 200 valence electrons. The molecule has 1 amide bonds. The van der Waals surface area contributed by atoms with E-state index in [2.05, 4.69) is 47.6 Å². The maximum atomic E-state index is 13.0. The molecule has 0 aliphatic rings. The van der Waals surface area contributed by atoms with Crippen LogP contribution in [0.1, 0.15) is 105 Å². The molecule has 1 N–H and O–H groups in total. The Morgan fingerprint density at radius 2 is 1.46 bits per heavy atom. The summed E-state index contributed by atoms with van der Waals surface area (Å²) in [6.07, 6.45) is 18.0. The second-order valence-electron chi connectivity index (χ2n) is 10.0. The van der Waals surface area contributed by atoms with Crippen molar-refractivity contribution in [1.29, 1.82) is 0 Å². The van der Waals surface area contributed by atoms with Gasteiger partial charge in [0.25, 0.3) is 5.91 Å². The lowest BCUT2D eigenvalue weighted by Crippen LogP contribution is -2.30. The minimum Gasteiger partial charge on any atom is -0.493 e. The molecule has 3 aromatic rings. The van der Waals surface area contributed by atoms with Gasteiger partial charge in [-0.2, -0.15) is 4.57 Å². The largest absolute Gasteiger partial charge is 0.493 e. The number of amides is 1. The number of ether oxygens (including phenoxy) is 1. The Kier molecular flexibility index (Phi) is 13.3. The molecular weight excluding hydrogens is 476 g/mol. The van der Waals surface area contributed by atoms with Crippen molar-refractivity contribution in [2.45, 2.75) is 97.4 Å². The number of para-hydroxylation sites is 1. The minimum atomic E-state index is -0.138. The molecule has 0 radical (unpaired) electrons. The van der Waals surface area contributed by atoms with E-state index < -0.39 is 0 Å². The van der Waals surface area contributed by atoms with Crippen molar-refractivity contribution >= 4 is 22.9 Å². The fourth-order valence-electron chi connectivity index (χ4n) is 4.54. The second kappa shape index (κ2) is 17.0. The number of thiazole rings is 1. The van der Waals surface area contributed by atoms with E-state index in [9.17, 15) is 4.79 Å². The zero-order valence-electron chi connectivity index (χ0n) is 22.8. The van der Waals surface area contributed by atoms with Gasteiger partial charge in [-0.25, -0.2) is 0 Å². The van der Waals surface area contributed by atoms with Crippen molar-refractivity contribution in [2.75, 3.05) is 11.9 Å². The molecule has 5 heteroatoms. The Morgan fingerprint density at radius 1 is 0.838 bits per heavy atom. The van der Waals surface area contributed by atoms with Gasteiger partial charge in [0.2, 0.25) is 5.51 Å². The van der Waals surface area contributed by atoms with Crippen LogP contribution in [-0.2, 0) is 6.54 Å². The summed E-state index contributed by atoms with van der Waals surface area (Å²) in [5.41, 5.74) is 4.69. The Balaban J connectivity index is 1.33. The van der Waals surface area contributed by atoms with E-state index in [1.807, 2.05) is 36.4 Å². The average molecular weight is 522 g/mol. The summed E-state index contributed by atoms with van der Waals surface area (Å²) >= 11 is 1.74. The molecule has 0 spiro atoms. The third kappa shape index (κ3) is 11.1. The van der Waals surface area contributed by atoms with E-state index in [0.717, 1.165) is 18.7 Å². The number of aromatic nitrogens is 1. The number of benzene rings is 2. The van der Waals surface area contributed by atoms with Gasteiger partial charge in [0.15, 0.2) is 12.7 Å². The number of hydrogen-bond acceptors (Lipinski definition) is 3. The first-order chi connectivity index (χ1) is 18.2. The Labute approximate surface area is 228 Å². The van der Waals surface area contributed by atoms with E-state index in [-0.39, 0.29) is 5.91 Å². The first-order valence-corrected chi connectivity index (χ1v) is 15.1. The van der Waals surface area contributed by atoms with Crippen LogP contribution >= 0.6 is 11.3 Å². The molecule has 4 nitrogen and oxygen atoms in total. The zero-order valence-corrected chi connectivity index (χ0v) is 23.7. The minimum absolute atomic E-state index is 0.138. The Hall–Kier alpha value is -2.66. The molecule has 1 aromatic heterocycles. The Bertz CT molecular complexity index is 1040. The van der Waals surface area contributed by atoms with Gasteiger partial charge in [-0.1, -0.05) is 113 Å². The fraction of sp³-hybridized carbons (Fsp3) is 0.500. The van der Waals surface area contributed by atoms with E-state index >= 15 is 0 Å². The molecule has 0 aliphatic carbocycles. The number of rotatable bonds is 18. The van der Waals surface area contributed by atoms with Crippen molar-refractivity contribution in [3.63, 3.8) is 0 Å². The van der Waals surface area contributed by atoms with Crippen LogP contribution in [0.5, 0.6) is 5.75 Å². The molecule has 0 unspecified atom stereocenters. The normalized spacial score (nSPS) is 11.0. The number of carbonyl (C=O) groups excluding carboxylic acids is 1. The predicted octanol–water partition coefficient (Wildman–Crippen LogP) is 8.72. The molecule has 1 heterocycles. The molecule has 2 aromatic carbocycles. The monoisotopic (exact) mass is 521 g/mol. The van der Waals surface area contributed by atoms with Gasteiger partial charge < -0.3 is 10.1 Å². The van der Waals surface area contributed by atoms with Gasteiger partial charge >= 0.3 is 0 Å². The molecule has 0 bridgehead atoms. The summed E-state index contributed by atoms with van der Waals surface area (Å²) in [5.74, 6) is 0.518. The smallest absolute Gasteiger partial charge is 0.259 e. The van der Waals surface area contributed by atoms with E-state index in [4.69, 9.17) is 4.74 Å². The summed E-state index contributed by atoms with van der Waals surface area (Å²) in [7, 11) is 0. The topological polar surface area (TPSA) is 42.2 Å². The van der Waals surface area contributed by atoms with Crippen molar-refractivity contribution in [2.24, 2.45) is 0 Å². The third-order valence-electron chi connectivity index (χ3n) is 6.69. The number of anilines is 1. The van der Waals surface area contributed by atoms with E-state index in [1.165, 1.54) is 81.1 Å². The highest BCUT2D eigenvalue weighted by Crippen LogP contribution is 2.21. The first-order valence-electron chi connectivity index (χ1n) is 14.2.